The Hall–Kier alpha value is -2.36. The minimum absolute atomic E-state index is 0.360. The van der Waals surface area contributed by atoms with Crippen LogP contribution in [0.1, 0.15) is 5.56 Å². The third kappa shape index (κ3) is 3.82. The number of aliphatic hydroxyl groups is 1. The molecule has 0 radical (unpaired) electrons. The minimum atomic E-state index is -4.83. The molecule has 20 heavy (non-hydrogen) atoms. The number of nitrogens with two attached hydrogens (primary N) is 1. The number of aliphatic hydroxyl groups excluding tert-OH is 1. The first kappa shape index (κ1) is 15.7. The highest BCUT2D eigenvalue weighted by Crippen LogP contribution is 2.36. The van der Waals surface area contributed by atoms with Crippen molar-refractivity contribution in [1.29, 1.82) is 0 Å². The summed E-state index contributed by atoms with van der Waals surface area (Å²) >= 11 is 0. The predicted octanol–water partition coefficient (Wildman–Crippen LogP) is 0.872. The molecule has 7 nitrogen and oxygen atoms in total. The molecule has 0 saturated carbocycles. The molecule has 0 aliphatic heterocycles. The fraction of sp³-hybridized carbons (Fsp3) is 0.300. The number of nitrogens with one attached hydrogen (secondary N) is 1. The van der Waals surface area contributed by atoms with Crippen molar-refractivity contribution in [3.63, 3.8) is 0 Å². The highest BCUT2D eigenvalue weighted by molar-refractivity contribution is 5.79. The van der Waals surface area contributed by atoms with Gasteiger partial charge in [-0.25, -0.2) is 0 Å². The Kier molecular flexibility index (Phi) is 4.50. The maximum Gasteiger partial charge on any atom is 0.418 e. The van der Waals surface area contributed by atoms with Crippen LogP contribution < -0.4 is 11.1 Å². The standard InChI is InChI=1S/C10H10F3N3O4/c11-10(12,13)6-3-5(16(19)20)1-2-7(6)15-4-8(17)9(14)18/h1-3,8,15,17H,4H2,(H2,14,18). The largest absolute Gasteiger partial charge is 0.418 e. The first-order valence-electron chi connectivity index (χ1n) is 5.20. The fourth-order valence-corrected chi connectivity index (χ4v) is 1.34. The summed E-state index contributed by atoms with van der Waals surface area (Å²) in [6.07, 6.45) is -6.50. The fourth-order valence-electron chi connectivity index (χ4n) is 1.34. The lowest BCUT2D eigenvalue weighted by molar-refractivity contribution is -0.385. The van der Waals surface area contributed by atoms with Crippen LogP contribution in [0.5, 0.6) is 0 Å². The zero-order valence-corrected chi connectivity index (χ0v) is 9.85. The topological polar surface area (TPSA) is 118 Å². The number of anilines is 1. The Morgan fingerprint density at radius 3 is 2.55 bits per heavy atom. The zero-order chi connectivity index (χ0) is 15.5. The van der Waals surface area contributed by atoms with E-state index >= 15 is 0 Å². The quantitative estimate of drug-likeness (QED) is 0.550. The number of halogens is 3. The number of alkyl halides is 3. The van der Waals surface area contributed by atoms with Crippen LogP contribution in [0, 0.1) is 10.1 Å². The van der Waals surface area contributed by atoms with Gasteiger partial charge in [-0.1, -0.05) is 0 Å². The van der Waals surface area contributed by atoms with Gasteiger partial charge in [0.2, 0.25) is 5.91 Å². The van der Waals surface area contributed by atoms with E-state index < -0.39 is 46.6 Å². The third-order valence-corrected chi connectivity index (χ3v) is 2.33. The number of carbonyl (C=O) groups excluding carboxylic acids is 1. The van der Waals surface area contributed by atoms with Gasteiger partial charge in [0.05, 0.1) is 10.5 Å². The van der Waals surface area contributed by atoms with Crippen molar-refractivity contribution in [2.75, 3.05) is 11.9 Å². The molecular formula is C10H10F3N3O4. The Bertz CT molecular complexity index is 533. The van der Waals surface area contributed by atoms with Crippen LogP contribution in [0.15, 0.2) is 18.2 Å². The molecule has 1 aromatic carbocycles. The first-order chi connectivity index (χ1) is 9.12. The molecule has 110 valence electrons. The SMILES string of the molecule is NC(=O)C(O)CNc1ccc([N+](=O)[O-])cc1C(F)(F)F. The molecule has 0 aliphatic carbocycles. The van der Waals surface area contributed by atoms with Crippen molar-refractivity contribution in [3.05, 3.63) is 33.9 Å². The summed E-state index contributed by atoms with van der Waals surface area (Å²) in [4.78, 5) is 20.1. The maximum absolute atomic E-state index is 12.8. The molecule has 0 heterocycles. The lowest BCUT2D eigenvalue weighted by Crippen LogP contribution is -2.34. The third-order valence-electron chi connectivity index (χ3n) is 2.33. The number of carbonyl (C=O) groups is 1. The molecule has 0 bridgehead atoms. The molecule has 10 heteroatoms. The number of hydrogen-bond acceptors (Lipinski definition) is 5. The van der Waals surface area contributed by atoms with Crippen LogP contribution in [0.2, 0.25) is 0 Å². The molecular weight excluding hydrogens is 283 g/mol. The van der Waals surface area contributed by atoms with Crippen molar-refractivity contribution in [1.82, 2.24) is 0 Å². The molecule has 0 fully saturated rings. The summed E-state index contributed by atoms with van der Waals surface area (Å²) in [7, 11) is 0. The second-order valence-corrected chi connectivity index (χ2v) is 3.78. The van der Waals surface area contributed by atoms with Crippen LogP contribution in [0.4, 0.5) is 24.5 Å². The molecule has 1 aromatic rings. The zero-order valence-electron chi connectivity index (χ0n) is 9.85. The van der Waals surface area contributed by atoms with Crippen LogP contribution in [-0.4, -0.2) is 28.6 Å². The number of nitro groups is 1. The molecule has 4 N–H and O–H groups in total. The first-order valence-corrected chi connectivity index (χ1v) is 5.20. The smallest absolute Gasteiger partial charge is 0.381 e. The number of rotatable bonds is 5. The van der Waals surface area contributed by atoms with Gasteiger partial charge in [-0.3, -0.25) is 14.9 Å². The van der Waals surface area contributed by atoms with Crippen LogP contribution in [0.3, 0.4) is 0 Å². The van der Waals surface area contributed by atoms with Crippen LogP contribution in [0.25, 0.3) is 0 Å². The van der Waals surface area contributed by atoms with Gasteiger partial charge in [0, 0.05) is 24.4 Å². The monoisotopic (exact) mass is 293 g/mol. The maximum atomic E-state index is 12.8. The van der Waals surface area contributed by atoms with E-state index in [0.29, 0.717) is 6.07 Å². The van der Waals surface area contributed by atoms with Gasteiger partial charge < -0.3 is 16.2 Å². The van der Waals surface area contributed by atoms with Gasteiger partial charge in [0.1, 0.15) is 6.10 Å². The van der Waals surface area contributed by atoms with Crippen molar-refractivity contribution < 1.29 is 28.0 Å². The number of amides is 1. The van der Waals surface area contributed by atoms with Gasteiger partial charge in [0.15, 0.2) is 0 Å². The Labute approximate surface area is 110 Å². The van der Waals surface area contributed by atoms with Crippen LogP contribution in [-0.2, 0) is 11.0 Å². The molecule has 1 amide bonds. The van der Waals surface area contributed by atoms with Crippen molar-refractivity contribution in [2.24, 2.45) is 5.73 Å². The van der Waals surface area contributed by atoms with E-state index in [4.69, 9.17) is 10.8 Å². The second-order valence-electron chi connectivity index (χ2n) is 3.78. The molecule has 1 atom stereocenters. The van der Waals surface area contributed by atoms with Gasteiger partial charge in [-0.2, -0.15) is 13.2 Å². The van der Waals surface area contributed by atoms with E-state index in [1.807, 2.05) is 0 Å². The van der Waals surface area contributed by atoms with Crippen LogP contribution >= 0.6 is 0 Å². The minimum Gasteiger partial charge on any atom is -0.381 e. The Morgan fingerprint density at radius 2 is 2.10 bits per heavy atom. The van der Waals surface area contributed by atoms with Gasteiger partial charge in [-0.05, 0) is 6.07 Å². The summed E-state index contributed by atoms with van der Waals surface area (Å²) in [6, 6.07) is 2.07. The van der Waals surface area contributed by atoms with Gasteiger partial charge >= 0.3 is 6.18 Å². The van der Waals surface area contributed by atoms with Crippen molar-refractivity contribution >= 4 is 17.3 Å². The Morgan fingerprint density at radius 1 is 1.50 bits per heavy atom. The van der Waals surface area contributed by atoms with E-state index in [0.717, 1.165) is 12.1 Å². The van der Waals surface area contributed by atoms with Crippen molar-refractivity contribution in [3.8, 4) is 0 Å². The highest BCUT2D eigenvalue weighted by atomic mass is 19.4. The lowest BCUT2D eigenvalue weighted by Gasteiger charge is -2.15. The van der Waals surface area contributed by atoms with E-state index in [2.05, 4.69) is 5.32 Å². The molecule has 0 aromatic heterocycles. The number of primary amides is 1. The summed E-state index contributed by atoms with van der Waals surface area (Å²) in [6.45, 7) is -0.545. The predicted molar refractivity (Wildman–Crippen MR) is 61.8 cm³/mol. The van der Waals surface area contributed by atoms with Crippen molar-refractivity contribution in [2.45, 2.75) is 12.3 Å². The summed E-state index contributed by atoms with van der Waals surface area (Å²) in [5.74, 6) is -1.10. The molecule has 1 unspecified atom stereocenters. The molecule has 0 saturated heterocycles. The van der Waals surface area contributed by atoms with Gasteiger partial charge in [-0.15, -0.1) is 0 Å². The number of benzene rings is 1. The number of nitrogens with zero attached hydrogens (tertiary/aromatic N) is 1. The van der Waals surface area contributed by atoms with E-state index in [-0.39, 0.29) is 0 Å². The number of nitro benzene ring substituents is 1. The normalized spacial score (nSPS) is 12.8. The molecule has 0 spiro atoms. The average Bonchev–Trinajstić information content (AvgIpc) is 2.34. The molecule has 0 aliphatic rings. The average molecular weight is 293 g/mol. The van der Waals surface area contributed by atoms with Gasteiger partial charge in [0.25, 0.3) is 5.69 Å². The number of non-ortho nitro benzene ring substituents is 1. The summed E-state index contributed by atoms with van der Waals surface area (Å²) in [5.41, 5.74) is 2.25. The summed E-state index contributed by atoms with van der Waals surface area (Å²) < 4.78 is 38.3. The number of hydrogen-bond donors (Lipinski definition) is 3. The van der Waals surface area contributed by atoms with E-state index in [1.165, 1.54) is 0 Å². The van der Waals surface area contributed by atoms with E-state index in [1.54, 1.807) is 0 Å². The Balaban J connectivity index is 3.07. The molecule has 1 rings (SSSR count). The van der Waals surface area contributed by atoms with E-state index in [9.17, 15) is 28.1 Å². The lowest BCUT2D eigenvalue weighted by atomic mass is 10.1. The highest BCUT2D eigenvalue weighted by Gasteiger charge is 2.35. The summed E-state index contributed by atoms with van der Waals surface area (Å²) in [5, 5.41) is 21.7. The second kappa shape index (κ2) is 5.74.